The topological polar surface area (TPSA) is 49.8 Å². The van der Waals surface area contributed by atoms with E-state index in [1.807, 2.05) is 18.2 Å². The van der Waals surface area contributed by atoms with Crippen molar-refractivity contribution in [2.24, 2.45) is 0 Å². The predicted molar refractivity (Wildman–Crippen MR) is 97.1 cm³/mol. The zero-order valence-electron chi connectivity index (χ0n) is 14.1. The van der Waals surface area contributed by atoms with Gasteiger partial charge in [0.25, 0.3) is 5.91 Å². The van der Waals surface area contributed by atoms with Crippen molar-refractivity contribution in [2.75, 3.05) is 6.54 Å². The van der Waals surface area contributed by atoms with Crippen LogP contribution in [0.1, 0.15) is 48.0 Å². The van der Waals surface area contributed by atoms with Gasteiger partial charge in [-0.1, -0.05) is 0 Å². The van der Waals surface area contributed by atoms with Crippen molar-refractivity contribution in [1.29, 1.82) is 0 Å². The lowest BCUT2D eigenvalue weighted by Gasteiger charge is -2.32. The quantitative estimate of drug-likeness (QED) is 0.816. The van der Waals surface area contributed by atoms with Crippen molar-refractivity contribution in [3.8, 4) is 5.75 Å². The molecule has 0 saturated heterocycles. The maximum absolute atomic E-state index is 12.9. The lowest BCUT2D eigenvalue weighted by atomic mass is 9.96. The van der Waals surface area contributed by atoms with Gasteiger partial charge >= 0.3 is 0 Å². The van der Waals surface area contributed by atoms with Crippen molar-refractivity contribution in [2.45, 2.75) is 50.0 Å². The Morgan fingerprint density at radius 2 is 2.00 bits per heavy atom. The first kappa shape index (κ1) is 16.5. The lowest BCUT2D eigenvalue weighted by molar-refractivity contribution is 0.0785. The molecule has 4 rings (SSSR count). The smallest absolute Gasteiger partial charge is 0.258 e. The molecule has 1 heterocycles. The van der Waals surface area contributed by atoms with E-state index in [1.54, 1.807) is 17.1 Å². The van der Waals surface area contributed by atoms with Gasteiger partial charge in [0.15, 0.2) is 0 Å². The summed E-state index contributed by atoms with van der Waals surface area (Å²) in [4.78, 5) is 14.7. The molecule has 0 bridgehead atoms. The van der Waals surface area contributed by atoms with Crippen LogP contribution in [0.25, 0.3) is 0 Å². The Morgan fingerprint density at radius 1 is 1.20 bits per heavy atom. The van der Waals surface area contributed by atoms with Crippen LogP contribution < -0.4 is 4.74 Å². The van der Waals surface area contributed by atoms with Gasteiger partial charge in [-0.3, -0.25) is 4.79 Å². The normalized spacial score (nSPS) is 24.0. The fourth-order valence-corrected chi connectivity index (χ4v) is 4.08. The summed E-state index contributed by atoms with van der Waals surface area (Å²) in [6.07, 6.45) is 9.67. The number of ether oxygens (including phenoxy) is 1. The molecule has 1 fully saturated rings. The molecule has 1 N–H and O–H groups in total. The minimum absolute atomic E-state index is 0.00132. The minimum Gasteiger partial charge on any atom is -0.511 e. The number of aliphatic hydroxyl groups excluding tert-OH is 1. The van der Waals surface area contributed by atoms with E-state index < -0.39 is 5.38 Å². The number of nitrogens with zero attached hydrogens (tertiary/aromatic N) is 1. The van der Waals surface area contributed by atoms with Crippen molar-refractivity contribution >= 4 is 17.5 Å². The Morgan fingerprint density at radius 3 is 2.76 bits per heavy atom. The van der Waals surface area contributed by atoms with Crippen LogP contribution in [0.5, 0.6) is 5.75 Å². The van der Waals surface area contributed by atoms with Gasteiger partial charge in [-0.15, -0.1) is 11.6 Å². The van der Waals surface area contributed by atoms with Crippen molar-refractivity contribution < 1.29 is 14.6 Å². The van der Waals surface area contributed by atoms with Gasteiger partial charge in [-0.25, -0.2) is 0 Å². The number of aliphatic hydroxyl groups is 1. The molecule has 132 valence electrons. The number of benzene rings is 1. The summed E-state index contributed by atoms with van der Waals surface area (Å²) in [6, 6.07) is 5.81. The van der Waals surface area contributed by atoms with Crippen LogP contribution in [0, 0.1) is 0 Å². The summed E-state index contributed by atoms with van der Waals surface area (Å²) in [6.45, 7) is 0.628. The van der Waals surface area contributed by atoms with E-state index in [4.69, 9.17) is 16.3 Å². The molecule has 1 amide bonds. The average Bonchev–Trinajstić information content (AvgIpc) is 3.11. The zero-order chi connectivity index (χ0) is 17.4. The zero-order valence-corrected chi connectivity index (χ0v) is 14.8. The van der Waals surface area contributed by atoms with Gasteiger partial charge in [0.1, 0.15) is 11.5 Å². The van der Waals surface area contributed by atoms with Crippen molar-refractivity contribution in [3.63, 3.8) is 0 Å². The number of fused-ring (bicyclic) bond motifs is 1. The first-order valence-electron chi connectivity index (χ1n) is 8.97. The number of carbonyl (C=O) groups is 1. The maximum atomic E-state index is 12.9. The van der Waals surface area contributed by atoms with Crippen molar-refractivity contribution in [1.82, 2.24) is 4.90 Å². The van der Waals surface area contributed by atoms with Crippen LogP contribution in [-0.2, 0) is 6.42 Å². The number of amides is 1. The van der Waals surface area contributed by atoms with Gasteiger partial charge in [-0.2, -0.15) is 0 Å². The molecule has 1 unspecified atom stereocenters. The molecule has 1 atom stereocenters. The fourth-order valence-electron chi connectivity index (χ4n) is 3.85. The third kappa shape index (κ3) is 3.28. The Labute approximate surface area is 152 Å². The SMILES string of the molecule is O=C1c2ccc(OC3CCCC3)cc2CCN1C1=CC=C(O)C(Cl)C1. The van der Waals surface area contributed by atoms with E-state index in [0.717, 1.165) is 41.8 Å². The van der Waals surface area contributed by atoms with Gasteiger partial charge in [-0.05, 0) is 68.0 Å². The molecule has 0 spiro atoms. The number of allylic oxidation sites excluding steroid dienone is 4. The highest BCUT2D eigenvalue weighted by atomic mass is 35.5. The highest BCUT2D eigenvalue weighted by Crippen LogP contribution is 2.31. The molecule has 2 aliphatic carbocycles. The fraction of sp³-hybridized carbons (Fsp3) is 0.450. The largest absolute Gasteiger partial charge is 0.511 e. The Kier molecular flexibility index (Phi) is 4.46. The Bertz CT molecular complexity index is 749. The Balaban J connectivity index is 1.53. The van der Waals surface area contributed by atoms with E-state index in [1.165, 1.54) is 12.8 Å². The molecular weight excluding hydrogens is 338 g/mol. The second-order valence-electron chi connectivity index (χ2n) is 6.97. The third-order valence-electron chi connectivity index (χ3n) is 5.26. The number of rotatable bonds is 3. The van der Waals surface area contributed by atoms with Crippen LogP contribution in [-0.4, -0.2) is 33.9 Å². The highest BCUT2D eigenvalue weighted by molar-refractivity contribution is 6.22. The molecule has 3 aliphatic rings. The minimum atomic E-state index is -0.462. The summed E-state index contributed by atoms with van der Waals surface area (Å²) in [7, 11) is 0. The van der Waals surface area contributed by atoms with Gasteiger partial charge in [0.2, 0.25) is 0 Å². The van der Waals surface area contributed by atoms with Gasteiger partial charge < -0.3 is 14.7 Å². The highest BCUT2D eigenvalue weighted by Gasteiger charge is 2.30. The summed E-state index contributed by atoms with van der Waals surface area (Å²) in [5, 5.41) is 9.17. The van der Waals surface area contributed by atoms with E-state index in [0.29, 0.717) is 19.1 Å². The van der Waals surface area contributed by atoms with Crippen LogP contribution in [0.4, 0.5) is 0 Å². The standard InChI is InChI=1S/C20H22ClNO3/c21-18-12-14(5-8-19(18)23)22-10-9-13-11-16(6-7-17(13)20(22)24)25-15-3-1-2-4-15/h5-8,11,15,18,23H,1-4,9-10,12H2. The summed E-state index contributed by atoms with van der Waals surface area (Å²) >= 11 is 6.12. The molecule has 5 heteroatoms. The van der Waals surface area contributed by atoms with Crippen LogP contribution in [0.3, 0.4) is 0 Å². The molecule has 4 nitrogen and oxygen atoms in total. The van der Waals surface area contributed by atoms with E-state index in [9.17, 15) is 9.90 Å². The van der Waals surface area contributed by atoms with Crippen molar-refractivity contribution in [3.05, 3.63) is 52.9 Å². The number of alkyl halides is 1. The maximum Gasteiger partial charge on any atom is 0.258 e. The monoisotopic (exact) mass is 359 g/mol. The summed E-state index contributed by atoms with van der Waals surface area (Å²) in [5.74, 6) is 1.03. The molecule has 1 aromatic carbocycles. The molecular formula is C20H22ClNO3. The first-order valence-corrected chi connectivity index (χ1v) is 9.40. The molecule has 1 aromatic rings. The van der Waals surface area contributed by atoms with E-state index in [-0.39, 0.29) is 11.7 Å². The predicted octanol–water partition coefficient (Wildman–Crippen LogP) is 4.34. The molecule has 25 heavy (non-hydrogen) atoms. The van der Waals surface area contributed by atoms with E-state index in [2.05, 4.69) is 0 Å². The van der Waals surface area contributed by atoms with Gasteiger partial charge in [0.05, 0.1) is 11.5 Å². The summed E-state index contributed by atoms with van der Waals surface area (Å²) < 4.78 is 6.06. The number of hydrogen-bond acceptors (Lipinski definition) is 3. The first-order chi connectivity index (χ1) is 12.1. The number of hydrogen-bond donors (Lipinski definition) is 1. The second-order valence-corrected chi connectivity index (χ2v) is 7.50. The molecule has 0 radical (unpaired) electrons. The molecule has 1 saturated carbocycles. The van der Waals surface area contributed by atoms with Gasteiger partial charge in [0, 0.05) is 24.2 Å². The summed E-state index contributed by atoms with van der Waals surface area (Å²) in [5.41, 5.74) is 2.64. The second kappa shape index (κ2) is 6.75. The molecule has 0 aromatic heterocycles. The van der Waals surface area contributed by atoms with Crippen LogP contribution in [0.2, 0.25) is 0 Å². The number of halogens is 1. The van der Waals surface area contributed by atoms with Crippen LogP contribution >= 0.6 is 11.6 Å². The lowest BCUT2D eigenvalue weighted by Crippen LogP contribution is -2.38. The average molecular weight is 360 g/mol. The molecule has 1 aliphatic heterocycles. The number of carbonyl (C=O) groups excluding carboxylic acids is 1. The third-order valence-corrected chi connectivity index (χ3v) is 5.64. The van der Waals surface area contributed by atoms with E-state index >= 15 is 0 Å². The Hall–Kier alpha value is -1.94. The van der Waals surface area contributed by atoms with Crippen LogP contribution in [0.15, 0.2) is 41.8 Å².